The van der Waals surface area contributed by atoms with Crippen LogP contribution in [0.3, 0.4) is 0 Å². The monoisotopic (exact) mass is 319 g/mol. The number of benzene rings is 2. The zero-order valence-electron chi connectivity index (χ0n) is 10.4. The lowest BCUT2D eigenvalue weighted by Crippen LogP contribution is -2.19. The maximum atomic E-state index is 13.3. The fourth-order valence-corrected chi connectivity index (χ4v) is 3.30. The Morgan fingerprint density at radius 1 is 1.21 bits per heavy atom. The molecule has 0 fully saturated rings. The molecule has 1 aliphatic rings. The van der Waals surface area contributed by atoms with Crippen LogP contribution in [0.5, 0.6) is 0 Å². The van der Waals surface area contributed by atoms with Crippen LogP contribution < -0.4 is 5.73 Å². The van der Waals surface area contributed by atoms with Gasteiger partial charge in [-0.1, -0.05) is 40.2 Å². The van der Waals surface area contributed by atoms with Crippen LogP contribution in [0.2, 0.25) is 0 Å². The van der Waals surface area contributed by atoms with Crippen molar-refractivity contribution in [1.29, 1.82) is 0 Å². The van der Waals surface area contributed by atoms with Crippen LogP contribution in [-0.4, -0.2) is 0 Å². The van der Waals surface area contributed by atoms with Gasteiger partial charge in [0.1, 0.15) is 5.82 Å². The molecule has 3 rings (SSSR count). The molecule has 0 aromatic heterocycles. The SMILES string of the molecule is NC1c2ccccc2CC1Cc1cc(F)ccc1Br. The maximum Gasteiger partial charge on any atom is 0.123 e. The molecular weight excluding hydrogens is 305 g/mol. The van der Waals surface area contributed by atoms with E-state index >= 15 is 0 Å². The van der Waals surface area contributed by atoms with Gasteiger partial charge >= 0.3 is 0 Å². The van der Waals surface area contributed by atoms with Gasteiger partial charge in [-0.2, -0.15) is 0 Å². The lowest BCUT2D eigenvalue weighted by Gasteiger charge is -2.17. The van der Waals surface area contributed by atoms with Gasteiger partial charge in [0.25, 0.3) is 0 Å². The van der Waals surface area contributed by atoms with Gasteiger partial charge < -0.3 is 5.73 Å². The Morgan fingerprint density at radius 2 is 2.00 bits per heavy atom. The first-order valence-corrected chi connectivity index (χ1v) is 7.22. The summed E-state index contributed by atoms with van der Waals surface area (Å²) in [5, 5.41) is 0. The summed E-state index contributed by atoms with van der Waals surface area (Å²) < 4.78 is 14.3. The zero-order chi connectivity index (χ0) is 13.4. The Labute approximate surface area is 120 Å². The second-order valence-electron chi connectivity index (χ2n) is 5.13. The molecule has 0 amide bonds. The van der Waals surface area contributed by atoms with Gasteiger partial charge in [0.2, 0.25) is 0 Å². The van der Waals surface area contributed by atoms with Gasteiger partial charge in [0, 0.05) is 10.5 Å². The average Bonchev–Trinajstić information content (AvgIpc) is 2.72. The zero-order valence-corrected chi connectivity index (χ0v) is 12.0. The molecule has 2 unspecified atom stereocenters. The molecule has 0 aliphatic heterocycles. The van der Waals surface area contributed by atoms with Crippen molar-refractivity contribution in [2.45, 2.75) is 18.9 Å². The van der Waals surface area contributed by atoms with Crippen molar-refractivity contribution in [3.8, 4) is 0 Å². The normalized spacial score (nSPS) is 21.4. The van der Waals surface area contributed by atoms with Crippen molar-refractivity contribution in [2.75, 3.05) is 0 Å². The molecule has 0 radical (unpaired) electrons. The number of nitrogens with two attached hydrogens (primary N) is 1. The first-order valence-electron chi connectivity index (χ1n) is 6.42. The molecule has 2 aromatic rings. The average molecular weight is 320 g/mol. The van der Waals surface area contributed by atoms with E-state index in [1.165, 1.54) is 17.2 Å². The molecule has 0 saturated carbocycles. The molecule has 0 saturated heterocycles. The molecule has 19 heavy (non-hydrogen) atoms. The predicted octanol–water partition coefficient (Wildman–Crippen LogP) is 4.00. The molecule has 98 valence electrons. The minimum atomic E-state index is -0.192. The van der Waals surface area contributed by atoms with Crippen LogP contribution in [0, 0.1) is 11.7 Å². The van der Waals surface area contributed by atoms with Gasteiger partial charge in [-0.3, -0.25) is 0 Å². The lowest BCUT2D eigenvalue weighted by atomic mass is 9.93. The molecule has 3 heteroatoms. The van der Waals surface area contributed by atoms with Gasteiger partial charge in [0.15, 0.2) is 0 Å². The van der Waals surface area contributed by atoms with Gasteiger partial charge in [-0.25, -0.2) is 4.39 Å². The van der Waals surface area contributed by atoms with Crippen LogP contribution in [-0.2, 0) is 12.8 Å². The van der Waals surface area contributed by atoms with E-state index in [0.717, 1.165) is 22.9 Å². The molecule has 2 aromatic carbocycles. The molecule has 2 N–H and O–H groups in total. The summed E-state index contributed by atoms with van der Waals surface area (Å²) in [5.74, 6) is 0.151. The minimum absolute atomic E-state index is 0.0476. The second-order valence-corrected chi connectivity index (χ2v) is 5.98. The van der Waals surface area contributed by atoms with Crippen LogP contribution in [0.1, 0.15) is 22.7 Å². The van der Waals surface area contributed by atoms with Crippen molar-refractivity contribution in [3.05, 3.63) is 69.4 Å². The van der Waals surface area contributed by atoms with Crippen molar-refractivity contribution in [2.24, 2.45) is 11.7 Å². The second kappa shape index (κ2) is 5.06. The molecule has 1 aliphatic carbocycles. The summed E-state index contributed by atoms with van der Waals surface area (Å²) >= 11 is 3.49. The molecule has 1 nitrogen and oxygen atoms in total. The molecule has 0 bridgehead atoms. The van der Waals surface area contributed by atoms with Crippen LogP contribution in [0.4, 0.5) is 4.39 Å². The van der Waals surface area contributed by atoms with Crippen LogP contribution in [0.25, 0.3) is 0 Å². The highest BCUT2D eigenvalue weighted by atomic mass is 79.9. The van der Waals surface area contributed by atoms with Gasteiger partial charge in [0.05, 0.1) is 0 Å². The van der Waals surface area contributed by atoms with Crippen LogP contribution in [0.15, 0.2) is 46.9 Å². The van der Waals surface area contributed by atoms with Crippen molar-refractivity contribution in [1.82, 2.24) is 0 Å². The van der Waals surface area contributed by atoms with Crippen molar-refractivity contribution >= 4 is 15.9 Å². The van der Waals surface area contributed by atoms with E-state index in [4.69, 9.17) is 5.73 Å². The Balaban J connectivity index is 1.85. The smallest absolute Gasteiger partial charge is 0.123 e. The Hall–Kier alpha value is -1.19. The number of rotatable bonds is 2. The molecule has 0 spiro atoms. The Bertz CT molecular complexity index is 611. The maximum absolute atomic E-state index is 13.3. The van der Waals surface area contributed by atoms with E-state index in [1.54, 1.807) is 12.1 Å². The van der Waals surface area contributed by atoms with E-state index in [2.05, 4.69) is 28.1 Å². The third-order valence-electron chi connectivity index (χ3n) is 3.89. The third-order valence-corrected chi connectivity index (χ3v) is 4.67. The highest BCUT2D eigenvalue weighted by Gasteiger charge is 2.29. The largest absolute Gasteiger partial charge is 0.324 e. The highest BCUT2D eigenvalue weighted by Crippen LogP contribution is 2.37. The number of hydrogen-bond donors (Lipinski definition) is 1. The summed E-state index contributed by atoms with van der Waals surface area (Å²) in [6.45, 7) is 0. The van der Waals surface area contributed by atoms with Gasteiger partial charge in [-0.15, -0.1) is 0 Å². The van der Waals surface area contributed by atoms with E-state index in [1.807, 2.05) is 12.1 Å². The summed E-state index contributed by atoms with van der Waals surface area (Å²) in [5.41, 5.74) is 9.87. The predicted molar refractivity (Wildman–Crippen MR) is 78.4 cm³/mol. The third kappa shape index (κ3) is 2.45. The summed E-state index contributed by atoms with van der Waals surface area (Å²) in [6.07, 6.45) is 1.77. The fourth-order valence-electron chi connectivity index (χ4n) is 2.89. The highest BCUT2D eigenvalue weighted by molar-refractivity contribution is 9.10. The number of fused-ring (bicyclic) bond motifs is 1. The quantitative estimate of drug-likeness (QED) is 0.889. The van der Waals surface area contributed by atoms with Crippen LogP contribution >= 0.6 is 15.9 Å². The van der Waals surface area contributed by atoms with E-state index < -0.39 is 0 Å². The summed E-state index contributed by atoms with van der Waals surface area (Å²) in [6, 6.07) is 13.2. The minimum Gasteiger partial charge on any atom is -0.324 e. The number of halogens is 2. The standard InChI is InChI=1S/C16H15BrFN/c17-15-6-5-13(18)9-11(15)8-12-7-10-3-1-2-4-14(10)16(12)19/h1-6,9,12,16H,7-8,19H2. The van der Waals surface area contributed by atoms with E-state index in [0.29, 0.717) is 5.92 Å². The fraction of sp³-hybridized carbons (Fsp3) is 0.250. The first-order chi connectivity index (χ1) is 9.15. The Kier molecular flexibility index (Phi) is 3.42. The van der Waals surface area contributed by atoms with Crippen molar-refractivity contribution in [3.63, 3.8) is 0 Å². The number of hydrogen-bond acceptors (Lipinski definition) is 1. The molecule has 0 heterocycles. The van der Waals surface area contributed by atoms with E-state index in [-0.39, 0.29) is 11.9 Å². The molecular formula is C16H15BrFN. The van der Waals surface area contributed by atoms with E-state index in [9.17, 15) is 4.39 Å². The first kappa shape index (κ1) is 12.8. The summed E-state index contributed by atoms with van der Waals surface area (Å²) in [7, 11) is 0. The van der Waals surface area contributed by atoms with Gasteiger partial charge in [-0.05, 0) is 53.6 Å². The lowest BCUT2D eigenvalue weighted by molar-refractivity contribution is 0.463. The topological polar surface area (TPSA) is 26.0 Å². The molecule has 2 atom stereocenters. The Morgan fingerprint density at radius 3 is 2.79 bits per heavy atom. The van der Waals surface area contributed by atoms with Crippen molar-refractivity contribution < 1.29 is 4.39 Å². The summed E-state index contributed by atoms with van der Waals surface area (Å²) in [4.78, 5) is 0.